The number of carbonyl (C=O) groups is 1. The number of rotatable bonds is 3. The van der Waals surface area contributed by atoms with Gasteiger partial charge in [-0.1, -0.05) is 59.6 Å². The lowest BCUT2D eigenvalue weighted by Gasteiger charge is -2.15. The molecule has 0 radical (unpaired) electrons. The van der Waals surface area contributed by atoms with Crippen LogP contribution in [0.4, 0.5) is 0 Å². The van der Waals surface area contributed by atoms with Crippen LogP contribution in [0.15, 0.2) is 77.6 Å². The van der Waals surface area contributed by atoms with Crippen LogP contribution >= 0.6 is 23.2 Å². The first-order valence-corrected chi connectivity index (χ1v) is 9.14. The number of fused-ring (bicyclic) bond motifs is 1. The van der Waals surface area contributed by atoms with Crippen LogP contribution in [-0.4, -0.2) is 15.6 Å². The summed E-state index contributed by atoms with van der Waals surface area (Å²) in [5, 5.41) is 0.970. The van der Waals surface area contributed by atoms with Crippen LogP contribution < -0.4 is 11.0 Å². The summed E-state index contributed by atoms with van der Waals surface area (Å²) >= 11 is 12.3. The van der Waals surface area contributed by atoms with Gasteiger partial charge >= 0.3 is 0 Å². The fraction of sp³-hybridized carbons (Fsp3) is 0. The first-order chi connectivity index (χ1) is 13.5. The fourth-order valence-electron chi connectivity index (χ4n) is 2.87. The van der Waals surface area contributed by atoms with Crippen molar-refractivity contribution in [1.29, 1.82) is 0 Å². The molecule has 1 heterocycles. The van der Waals surface area contributed by atoms with Gasteiger partial charge in [-0.3, -0.25) is 15.0 Å². The number of carbonyl (C=O) groups excluding carboxylic acids is 1. The molecule has 0 atom stereocenters. The van der Waals surface area contributed by atoms with Crippen LogP contribution in [0.1, 0.15) is 10.4 Å². The number of nitrogens with one attached hydrogen (secondary N) is 1. The number of aromatic nitrogens is 2. The Morgan fingerprint density at radius 2 is 1.68 bits per heavy atom. The predicted molar refractivity (Wildman–Crippen MR) is 112 cm³/mol. The monoisotopic (exact) mass is 409 g/mol. The Hall–Kier alpha value is -3.15. The summed E-state index contributed by atoms with van der Waals surface area (Å²) < 4.78 is 1.11. The first kappa shape index (κ1) is 18.2. The Kier molecular flexibility index (Phi) is 4.86. The molecule has 0 aliphatic carbocycles. The molecule has 28 heavy (non-hydrogen) atoms. The molecule has 0 saturated heterocycles. The Balaban J connectivity index is 1.95. The number of halogens is 2. The Morgan fingerprint density at radius 3 is 2.43 bits per heavy atom. The third-order valence-corrected chi connectivity index (χ3v) is 4.73. The summed E-state index contributed by atoms with van der Waals surface area (Å²) in [6.45, 7) is 0. The van der Waals surface area contributed by atoms with Gasteiger partial charge in [0.2, 0.25) is 0 Å². The van der Waals surface area contributed by atoms with Crippen LogP contribution in [0.5, 0.6) is 0 Å². The molecule has 0 spiro atoms. The van der Waals surface area contributed by atoms with Gasteiger partial charge in [0.15, 0.2) is 5.82 Å². The van der Waals surface area contributed by atoms with E-state index in [1.165, 1.54) is 0 Å². The Labute approximate surface area is 170 Å². The number of benzene rings is 3. The topological polar surface area (TPSA) is 64.0 Å². The number of amides is 1. The maximum Gasteiger partial charge on any atom is 0.282 e. The molecule has 4 rings (SSSR count). The van der Waals surface area contributed by atoms with Gasteiger partial charge < -0.3 is 0 Å². The summed E-state index contributed by atoms with van der Waals surface area (Å²) in [7, 11) is 0. The molecule has 1 N–H and O–H groups in total. The van der Waals surface area contributed by atoms with Crippen LogP contribution in [0.2, 0.25) is 10.0 Å². The average Bonchev–Trinajstić information content (AvgIpc) is 2.70. The summed E-state index contributed by atoms with van der Waals surface area (Å²) in [4.78, 5) is 30.4. The van der Waals surface area contributed by atoms with E-state index in [0.717, 1.165) is 4.68 Å². The second kappa shape index (κ2) is 7.46. The van der Waals surface area contributed by atoms with Gasteiger partial charge in [0.25, 0.3) is 11.5 Å². The summed E-state index contributed by atoms with van der Waals surface area (Å²) in [5.74, 6) is -0.189. The Morgan fingerprint density at radius 1 is 0.929 bits per heavy atom. The molecule has 0 saturated carbocycles. The highest BCUT2D eigenvalue weighted by atomic mass is 35.5. The second-order valence-corrected chi connectivity index (χ2v) is 6.87. The standard InChI is InChI=1S/C21H13Cl2N3O2/c22-15-9-4-8-14(12-15)19-24-17-11-5-10-16(23)18(17)21(28)26(19)25-20(27)13-6-2-1-3-7-13/h1-12H,(H,25,27). The van der Waals surface area contributed by atoms with E-state index in [1.807, 2.05) is 0 Å². The third-order valence-electron chi connectivity index (χ3n) is 4.18. The van der Waals surface area contributed by atoms with E-state index in [0.29, 0.717) is 21.7 Å². The minimum atomic E-state index is -0.477. The van der Waals surface area contributed by atoms with Crippen molar-refractivity contribution in [2.75, 3.05) is 5.43 Å². The van der Waals surface area contributed by atoms with Gasteiger partial charge in [0.05, 0.1) is 15.9 Å². The zero-order chi connectivity index (χ0) is 19.7. The number of nitrogens with zero attached hydrogens (tertiary/aromatic N) is 2. The number of hydrogen-bond donors (Lipinski definition) is 1. The lowest BCUT2D eigenvalue weighted by atomic mass is 10.2. The quantitative estimate of drug-likeness (QED) is 0.530. The largest absolute Gasteiger partial charge is 0.282 e. The normalized spacial score (nSPS) is 10.8. The molecular formula is C21H13Cl2N3O2. The van der Waals surface area contributed by atoms with Gasteiger partial charge in [-0.2, -0.15) is 4.68 Å². The molecule has 0 aliphatic heterocycles. The van der Waals surface area contributed by atoms with E-state index in [-0.39, 0.29) is 16.2 Å². The van der Waals surface area contributed by atoms with Crippen LogP contribution in [0, 0.1) is 0 Å². The minimum Gasteiger partial charge on any atom is -0.267 e. The van der Waals surface area contributed by atoms with Crippen molar-refractivity contribution in [3.05, 3.63) is 98.8 Å². The first-order valence-electron chi connectivity index (χ1n) is 8.38. The second-order valence-electron chi connectivity index (χ2n) is 6.03. The van der Waals surface area contributed by atoms with E-state index in [2.05, 4.69) is 10.4 Å². The lowest BCUT2D eigenvalue weighted by Crippen LogP contribution is -2.35. The van der Waals surface area contributed by atoms with Crippen molar-refractivity contribution in [2.45, 2.75) is 0 Å². The molecule has 0 aliphatic rings. The SMILES string of the molecule is O=C(Nn1c(-c2cccc(Cl)c2)nc2cccc(Cl)c2c1=O)c1ccccc1. The van der Waals surface area contributed by atoms with Crippen molar-refractivity contribution in [3.8, 4) is 11.4 Å². The Bertz CT molecular complexity index is 1250. The van der Waals surface area contributed by atoms with Gasteiger partial charge in [-0.15, -0.1) is 0 Å². The molecule has 1 aromatic heterocycles. The highest BCUT2D eigenvalue weighted by molar-refractivity contribution is 6.35. The van der Waals surface area contributed by atoms with Crippen LogP contribution in [-0.2, 0) is 0 Å². The highest BCUT2D eigenvalue weighted by Crippen LogP contribution is 2.24. The van der Waals surface area contributed by atoms with Crippen molar-refractivity contribution in [1.82, 2.24) is 9.66 Å². The molecule has 7 heteroatoms. The van der Waals surface area contributed by atoms with Gasteiger partial charge in [0, 0.05) is 16.1 Å². The van der Waals surface area contributed by atoms with Crippen molar-refractivity contribution in [3.63, 3.8) is 0 Å². The molecular weight excluding hydrogens is 397 g/mol. The maximum absolute atomic E-state index is 13.2. The summed E-state index contributed by atoms with van der Waals surface area (Å²) in [6.07, 6.45) is 0. The van der Waals surface area contributed by atoms with E-state index in [4.69, 9.17) is 23.2 Å². The smallest absolute Gasteiger partial charge is 0.267 e. The number of hydrogen-bond acceptors (Lipinski definition) is 3. The lowest BCUT2D eigenvalue weighted by molar-refractivity contribution is 0.101. The van der Waals surface area contributed by atoms with E-state index in [9.17, 15) is 9.59 Å². The molecule has 0 bridgehead atoms. The van der Waals surface area contributed by atoms with Crippen molar-refractivity contribution < 1.29 is 4.79 Å². The molecule has 138 valence electrons. The highest BCUT2D eigenvalue weighted by Gasteiger charge is 2.17. The average molecular weight is 410 g/mol. The van der Waals surface area contributed by atoms with Crippen LogP contribution in [0.3, 0.4) is 0 Å². The fourth-order valence-corrected chi connectivity index (χ4v) is 3.31. The molecule has 3 aromatic carbocycles. The van der Waals surface area contributed by atoms with Gasteiger partial charge in [-0.25, -0.2) is 4.98 Å². The molecule has 0 unspecified atom stereocenters. The minimum absolute atomic E-state index is 0.225. The van der Waals surface area contributed by atoms with E-state index in [1.54, 1.807) is 72.8 Å². The molecule has 5 nitrogen and oxygen atoms in total. The zero-order valence-corrected chi connectivity index (χ0v) is 15.9. The van der Waals surface area contributed by atoms with Crippen molar-refractivity contribution in [2.24, 2.45) is 0 Å². The van der Waals surface area contributed by atoms with E-state index < -0.39 is 11.5 Å². The maximum atomic E-state index is 13.2. The molecule has 4 aromatic rings. The molecule has 1 amide bonds. The third kappa shape index (κ3) is 3.38. The van der Waals surface area contributed by atoms with E-state index >= 15 is 0 Å². The van der Waals surface area contributed by atoms with Crippen molar-refractivity contribution >= 4 is 40.0 Å². The molecule has 0 fully saturated rings. The van der Waals surface area contributed by atoms with Gasteiger partial charge in [-0.05, 0) is 36.4 Å². The summed E-state index contributed by atoms with van der Waals surface area (Å²) in [6, 6.07) is 20.5. The predicted octanol–water partition coefficient (Wildman–Crippen LogP) is 4.75. The summed E-state index contributed by atoms with van der Waals surface area (Å²) in [5.41, 5.74) is 3.58. The zero-order valence-electron chi connectivity index (χ0n) is 14.4. The van der Waals surface area contributed by atoms with Crippen LogP contribution in [0.25, 0.3) is 22.3 Å². The van der Waals surface area contributed by atoms with Gasteiger partial charge in [0.1, 0.15) is 0 Å².